The summed E-state index contributed by atoms with van der Waals surface area (Å²) in [7, 11) is 1.66. The number of anilines is 1. The van der Waals surface area contributed by atoms with Gasteiger partial charge in [0, 0.05) is 37.9 Å². The fourth-order valence-electron chi connectivity index (χ4n) is 5.25. The van der Waals surface area contributed by atoms with E-state index < -0.39 is 11.9 Å². The summed E-state index contributed by atoms with van der Waals surface area (Å²) in [5.41, 5.74) is 1.53. The van der Waals surface area contributed by atoms with Crippen LogP contribution in [0.1, 0.15) is 37.4 Å². The monoisotopic (exact) mass is 573 g/mol. The minimum absolute atomic E-state index is 0.0444. The van der Waals surface area contributed by atoms with E-state index in [1.165, 1.54) is 4.57 Å². The van der Waals surface area contributed by atoms with Crippen molar-refractivity contribution in [3.05, 3.63) is 59.0 Å². The SMILES string of the molecule is CCn1cc(C(F)(F)F)nc1-c1ccc(CN2C(=O)CCn3nc(-c4c(Cl)cnn4C4(COC)CC4)cc32)cc1. The topological polar surface area (TPSA) is 83.0 Å². The van der Waals surface area contributed by atoms with Crippen molar-refractivity contribution >= 4 is 23.3 Å². The van der Waals surface area contributed by atoms with E-state index in [9.17, 15) is 18.0 Å². The average molecular weight is 574 g/mol. The number of carbonyl (C=O) groups is 1. The van der Waals surface area contributed by atoms with Crippen LogP contribution in [0.5, 0.6) is 0 Å². The fraction of sp³-hybridized carbons (Fsp3) is 0.407. The Bertz CT molecular complexity index is 1570. The van der Waals surface area contributed by atoms with E-state index in [1.54, 1.807) is 54.1 Å². The number of alkyl halides is 3. The van der Waals surface area contributed by atoms with Crippen molar-refractivity contribution in [2.24, 2.45) is 0 Å². The smallest absolute Gasteiger partial charge is 0.382 e. The van der Waals surface area contributed by atoms with Crippen LogP contribution < -0.4 is 4.90 Å². The molecule has 0 unspecified atom stereocenters. The standard InChI is InChI=1S/C27H27ClF3N7O2/c1-3-35-15-21(27(29,30)31)33-25(35)18-6-4-17(5-7-18)14-36-22-12-20(34-37(22)11-8-23(36)39)24-19(28)13-32-38(24)26(9-10-26)16-40-2/h4-7,12-13,15H,3,8-11,14,16H2,1-2H3. The predicted molar refractivity (Wildman–Crippen MR) is 142 cm³/mol. The van der Waals surface area contributed by atoms with Crippen LogP contribution >= 0.6 is 11.6 Å². The molecule has 0 radical (unpaired) electrons. The van der Waals surface area contributed by atoms with Gasteiger partial charge >= 0.3 is 6.18 Å². The maximum Gasteiger partial charge on any atom is 0.434 e. The third kappa shape index (κ3) is 4.58. The summed E-state index contributed by atoms with van der Waals surface area (Å²) >= 11 is 6.56. The highest BCUT2D eigenvalue weighted by Crippen LogP contribution is 2.47. The van der Waals surface area contributed by atoms with Gasteiger partial charge in [-0.3, -0.25) is 14.4 Å². The second-order valence-corrected chi connectivity index (χ2v) is 10.6. The van der Waals surface area contributed by atoms with Gasteiger partial charge in [0.2, 0.25) is 5.91 Å². The zero-order chi connectivity index (χ0) is 28.2. The number of nitrogens with zero attached hydrogens (tertiary/aromatic N) is 7. The Labute approximate surface area is 233 Å². The summed E-state index contributed by atoms with van der Waals surface area (Å²) < 4.78 is 50.2. The van der Waals surface area contributed by atoms with Crippen LogP contribution in [-0.2, 0) is 40.9 Å². The van der Waals surface area contributed by atoms with Crippen molar-refractivity contribution in [1.29, 1.82) is 0 Å². The summed E-state index contributed by atoms with van der Waals surface area (Å²) in [6.45, 7) is 3.36. The lowest BCUT2D eigenvalue weighted by Gasteiger charge is -2.27. The Morgan fingerprint density at radius 3 is 2.58 bits per heavy atom. The van der Waals surface area contributed by atoms with Crippen LogP contribution in [0.3, 0.4) is 0 Å². The number of ether oxygens (including phenoxy) is 1. The van der Waals surface area contributed by atoms with Crippen LogP contribution in [0, 0.1) is 0 Å². The number of amides is 1. The zero-order valence-corrected chi connectivity index (χ0v) is 22.7. The number of methoxy groups -OCH3 is 1. The van der Waals surface area contributed by atoms with E-state index >= 15 is 0 Å². The lowest BCUT2D eigenvalue weighted by molar-refractivity contribution is -0.140. The van der Waals surface area contributed by atoms with Gasteiger partial charge in [0.05, 0.1) is 36.5 Å². The minimum Gasteiger partial charge on any atom is -0.382 e. The summed E-state index contributed by atoms with van der Waals surface area (Å²) in [6.07, 6.45) is 0.257. The first kappa shape index (κ1) is 26.6. The molecule has 210 valence electrons. The van der Waals surface area contributed by atoms with Crippen molar-refractivity contribution in [1.82, 2.24) is 29.1 Å². The molecule has 4 aromatic rings. The molecule has 9 nitrogen and oxygen atoms in total. The fourth-order valence-corrected chi connectivity index (χ4v) is 5.47. The van der Waals surface area contributed by atoms with Crippen LogP contribution in [-0.4, -0.2) is 48.7 Å². The molecule has 0 spiro atoms. The molecule has 1 aliphatic carbocycles. The van der Waals surface area contributed by atoms with Gasteiger partial charge in [-0.25, -0.2) is 9.67 Å². The number of hydrogen-bond acceptors (Lipinski definition) is 5. The third-order valence-electron chi connectivity index (χ3n) is 7.49. The van der Waals surface area contributed by atoms with E-state index in [2.05, 4.69) is 10.1 Å². The maximum absolute atomic E-state index is 13.2. The Kier molecular flexibility index (Phi) is 6.49. The van der Waals surface area contributed by atoms with Gasteiger partial charge in [0.1, 0.15) is 23.0 Å². The first-order valence-corrected chi connectivity index (χ1v) is 13.4. The van der Waals surface area contributed by atoms with Gasteiger partial charge in [-0.15, -0.1) is 0 Å². The van der Waals surface area contributed by atoms with E-state index in [0.29, 0.717) is 53.9 Å². The number of aryl methyl sites for hydroxylation is 2. The second kappa shape index (κ2) is 9.77. The number of fused-ring (bicyclic) bond motifs is 1. The molecule has 13 heteroatoms. The van der Waals surface area contributed by atoms with Gasteiger partial charge in [-0.05, 0) is 25.3 Å². The molecule has 6 rings (SSSR count). The highest BCUT2D eigenvalue weighted by molar-refractivity contribution is 6.33. The highest BCUT2D eigenvalue weighted by Gasteiger charge is 2.47. The van der Waals surface area contributed by atoms with Crippen molar-refractivity contribution in [2.45, 2.75) is 57.5 Å². The minimum atomic E-state index is -4.52. The molecule has 0 atom stereocenters. The van der Waals surface area contributed by atoms with Crippen molar-refractivity contribution in [3.63, 3.8) is 0 Å². The summed E-state index contributed by atoms with van der Waals surface area (Å²) in [5, 5.41) is 9.77. The Morgan fingerprint density at radius 2 is 1.93 bits per heavy atom. The molecule has 1 fully saturated rings. The quantitative estimate of drug-likeness (QED) is 0.283. The number of hydrogen-bond donors (Lipinski definition) is 0. The first-order chi connectivity index (χ1) is 19.1. The van der Waals surface area contributed by atoms with Gasteiger partial charge in [0.15, 0.2) is 5.69 Å². The number of benzene rings is 1. The maximum atomic E-state index is 13.2. The van der Waals surface area contributed by atoms with Crippen molar-refractivity contribution in [2.75, 3.05) is 18.6 Å². The lowest BCUT2D eigenvalue weighted by atomic mass is 10.1. The van der Waals surface area contributed by atoms with Gasteiger partial charge in [-0.2, -0.15) is 23.4 Å². The number of aromatic nitrogens is 6. The number of halogens is 4. The molecule has 1 amide bonds. The number of carbonyl (C=O) groups excluding carboxylic acids is 1. The van der Waals surface area contributed by atoms with E-state index in [0.717, 1.165) is 24.6 Å². The van der Waals surface area contributed by atoms with E-state index in [-0.39, 0.29) is 23.8 Å². The van der Waals surface area contributed by atoms with Crippen LogP contribution in [0.25, 0.3) is 22.8 Å². The van der Waals surface area contributed by atoms with Gasteiger partial charge in [-0.1, -0.05) is 35.9 Å². The molecular weight excluding hydrogens is 547 g/mol. The normalized spacial score (nSPS) is 16.4. The largest absolute Gasteiger partial charge is 0.434 e. The number of imidazole rings is 1. The second-order valence-electron chi connectivity index (χ2n) is 10.2. The van der Waals surface area contributed by atoms with Gasteiger partial charge in [0.25, 0.3) is 0 Å². The van der Waals surface area contributed by atoms with Gasteiger partial charge < -0.3 is 9.30 Å². The highest BCUT2D eigenvalue weighted by atomic mass is 35.5. The molecule has 0 N–H and O–H groups in total. The molecule has 1 aromatic carbocycles. The zero-order valence-electron chi connectivity index (χ0n) is 22.0. The Hall–Kier alpha value is -3.64. The Balaban J connectivity index is 1.28. The molecule has 40 heavy (non-hydrogen) atoms. The molecule has 1 aliphatic heterocycles. The van der Waals surface area contributed by atoms with Crippen molar-refractivity contribution in [3.8, 4) is 22.8 Å². The molecule has 4 heterocycles. The van der Waals surface area contributed by atoms with Crippen LogP contribution in [0.4, 0.5) is 19.0 Å². The third-order valence-corrected chi connectivity index (χ3v) is 7.77. The van der Waals surface area contributed by atoms with Crippen molar-refractivity contribution < 1.29 is 22.7 Å². The predicted octanol–water partition coefficient (Wildman–Crippen LogP) is 5.37. The van der Waals surface area contributed by atoms with Crippen LogP contribution in [0.2, 0.25) is 5.02 Å². The summed E-state index contributed by atoms with van der Waals surface area (Å²) in [6, 6.07) is 8.90. The molecule has 3 aromatic heterocycles. The van der Waals surface area contributed by atoms with Crippen LogP contribution in [0.15, 0.2) is 42.7 Å². The summed E-state index contributed by atoms with van der Waals surface area (Å²) in [4.78, 5) is 18.5. The molecule has 1 saturated carbocycles. The Morgan fingerprint density at radius 1 is 1.18 bits per heavy atom. The number of rotatable bonds is 8. The van der Waals surface area contributed by atoms with E-state index in [4.69, 9.17) is 21.4 Å². The molecule has 0 saturated heterocycles. The molecule has 0 bridgehead atoms. The first-order valence-electron chi connectivity index (χ1n) is 13.0. The summed E-state index contributed by atoms with van der Waals surface area (Å²) in [5.74, 6) is 0.845. The molecular formula is C27H27ClF3N7O2. The lowest BCUT2D eigenvalue weighted by Crippen LogP contribution is -2.36. The average Bonchev–Trinajstić information content (AvgIpc) is 3.25. The van der Waals surface area contributed by atoms with E-state index in [1.807, 2.05) is 10.7 Å². The molecule has 2 aliphatic rings.